The molecule has 1 amide bonds. The average Bonchev–Trinajstić information content (AvgIpc) is 2.83. The lowest BCUT2D eigenvalue weighted by Crippen LogP contribution is -2.42. The molecule has 0 aliphatic heterocycles. The molecular formula is C24H26FN5O3. The molecule has 0 saturated heterocycles. The molecule has 1 aromatic carbocycles. The lowest BCUT2D eigenvalue weighted by atomic mass is 9.66. The van der Waals surface area contributed by atoms with Crippen molar-refractivity contribution in [1.82, 2.24) is 20.5 Å². The van der Waals surface area contributed by atoms with Crippen molar-refractivity contribution in [2.75, 3.05) is 25.1 Å². The first-order valence-electron chi connectivity index (χ1n) is 10.9. The number of aromatic nitrogens is 3. The van der Waals surface area contributed by atoms with Crippen molar-refractivity contribution in [1.29, 1.82) is 0 Å². The van der Waals surface area contributed by atoms with Crippen LogP contribution in [0.3, 0.4) is 0 Å². The number of nitrogens with one attached hydrogen (secondary N) is 2. The minimum atomic E-state index is -0.718. The van der Waals surface area contributed by atoms with Gasteiger partial charge in [-0.3, -0.25) is 9.78 Å². The summed E-state index contributed by atoms with van der Waals surface area (Å²) in [5.41, 5.74) is 1.83. The van der Waals surface area contributed by atoms with Gasteiger partial charge in [-0.05, 0) is 49.2 Å². The Labute approximate surface area is 190 Å². The van der Waals surface area contributed by atoms with Gasteiger partial charge in [0.15, 0.2) is 0 Å². The minimum absolute atomic E-state index is 0.284. The fourth-order valence-electron chi connectivity index (χ4n) is 3.95. The molecule has 172 valence electrons. The number of amides is 1. The van der Waals surface area contributed by atoms with Crippen LogP contribution in [0.4, 0.5) is 10.2 Å². The maximum absolute atomic E-state index is 14.3. The van der Waals surface area contributed by atoms with E-state index in [2.05, 4.69) is 25.8 Å². The first-order valence-corrected chi connectivity index (χ1v) is 10.9. The summed E-state index contributed by atoms with van der Waals surface area (Å²) in [6.45, 7) is -0.187. The fraction of sp³-hybridized carbons (Fsp3) is 0.333. The van der Waals surface area contributed by atoms with E-state index in [0.717, 1.165) is 19.3 Å². The predicted octanol–water partition coefficient (Wildman–Crippen LogP) is 2.29. The van der Waals surface area contributed by atoms with E-state index in [1.165, 1.54) is 6.07 Å². The highest BCUT2D eigenvalue weighted by Crippen LogP contribution is 2.43. The summed E-state index contributed by atoms with van der Waals surface area (Å²) in [7, 11) is 0. The Kier molecular flexibility index (Phi) is 6.90. The van der Waals surface area contributed by atoms with E-state index in [9.17, 15) is 9.18 Å². The first-order chi connectivity index (χ1) is 16.0. The standard InChI is InChI=1S/C24H26FN5O3/c25-19-6-2-11-26-22(19)24(9-3-10-24)15-27-21-8-7-20(29-30-21)16-4-1-5-17(12-16)23(33)28-18(13-31)14-32/h1-2,4-8,11-12,18,31-32H,3,9-10,13-15H2,(H,27,30)(H,28,33). The molecule has 1 aliphatic carbocycles. The van der Waals surface area contributed by atoms with Crippen molar-refractivity contribution in [3.63, 3.8) is 0 Å². The van der Waals surface area contributed by atoms with Crippen LogP contribution in [0.2, 0.25) is 0 Å². The van der Waals surface area contributed by atoms with Gasteiger partial charge in [0.05, 0.1) is 30.6 Å². The van der Waals surface area contributed by atoms with Crippen molar-refractivity contribution >= 4 is 11.7 Å². The molecule has 0 atom stereocenters. The Balaban J connectivity index is 1.44. The number of carbonyl (C=O) groups excluding carboxylic acids is 1. The Morgan fingerprint density at radius 2 is 1.91 bits per heavy atom. The fourth-order valence-corrected chi connectivity index (χ4v) is 3.95. The van der Waals surface area contributed by atoms with Crippen molar-refractivity contribution in [2.24, 2.45) is 0 Å². The number of hydrogen-bond donors (Lipinski definition) is 4. The molecule has 0 bridgehead atoms. The van der Waals surface area contributed by atoms with Gasteiger partial charge in [-0.25, -0.2) is 4.39 Å². The Morgan fingerprint density at radius 1 is 1.09 bits per heavy atom. The lowest BCUT2D eigenvalue weighted by Gasteiger charge is -2.41. The molecule has 8 nitrogen and oxygen atoms in total. The molecule has 2 heterocycles. The lowest BCUT2D eigenvalue weighted by molar-refractivity contribution is 0.0879. The highest BCUT2D eigenvalue weighted by molar-refractivity contribution is 5.95. The summed E-state index contributed by atoms with van der Waals surface area (Å²) in [5.74, 6) is -0.110. The third kappa shape index (κ3) is 4.99. The van der Waals surface area contributed by atoms with Crippen LogP contribution in [0, 0.1) is 5.82 Å². The van der Waals surface area contributed by atoms with Gasteiger partial charge in [0.1, 0.15) is 11.6 Å². The zero-order valence-corrected chi connectivity index (χ0v) is 18.0. The maximum atomic E-state index is 14.3. The maximum Gasteiger partial charge on any atom is 0.251 e. The van der Waals surface area contributed by atoms with Crippen LogP contribution in [0.25, 0.3) is 11.3 Å². The molecule has 3 aromatic rings. The van der Waals surface area contributed by atoms with Crippen molar-refractivity contribution < 1.29 is 19.4 Å². The number of hydrogen-bond acceptors (Lipinski definition) is 7. The molecule has 9 heteroatoms. The van der Waals surface area contributed by atoms with E-state index in [-0.39, 0.29) is 24.4 Å². The Hall–Kier alpha value is -3.43. The molecule has 1 aliphatic rings. The summed E-state index contributed by atoms with van der Waals surface area (Å²) >= 11 is 0. The molecular weight excluding hydrogens is 425 g/mol. The van der Waals surface area contributed by atoms with Crippen molar-refractivity contribution in [3.8, 4) is 11.3 Å². The van der Waals surface area contributed by atoms with Crippen LogP contribution in [0.5, 0.6) is 0 Å². The number of nitrogens with zero attached hydrogens (tertiary/aromatic N) is 3. The van der Waals surface area contributed by atoms with Crippen LogP contribution in [0.1, 0.15) is 35.3 Å². The molecule has 0 spiro atoms. The number of aliphatic hydroxyl groups is 2. The van der Waals surface area contributed by atoms with Gasteiger partial charge in [-0.1, -0.05) is 18.6 Å². The third-order valence-electron chi connectivity index (χ3n) is 6.04. The van der Waals surface area contributed by atoms with Crippen LogP contribution < -0.4 is 10.6 Å². The summed E-state index contributed by atoms with van der Waals surface area (Å²) in [6.07, 6.45) is 4.38. The second-order valence-electron chi connectivity index (χ2n) is 8.24. The first kappa shape index (κ1) is 22.8. The smallest absolute Gasteiger partial charge is 0.251 e. The van der Waals surface area contributed by atoms with E-state index in [4.69, 9.17) is 10.2 Å². The largest absolute Gasteiger partial charge is 0.394 e. The van der Waals surface area contributed by atoms with Gasteiger partial charge in [0.2, 0.25) is 0 Å². The number of rotatable bonds is 9. The SMILES string of the molecule is O=C(NC(CO)CO)c1cccc(-c2ccc(NCC3(c4ncccc4F)CCC3)nn2)c1. The minimum Gasteiger partial charge on any atom is -0.394 e. The molecule has 0 radical (unpaired) electrons. The van der Waals surface area contributed by atoms with Gasteiger partial charge < -0.3 is 20.8 Å². The van der Waals surface area contributed by atoms with E-state index < -0.39 is 11.9 Å². The van der Waals surface area contributed by atoms with Crippen LogP contribution in [-0.4, -0.2) is 57.1 Å². The second-order valence-corrected chi connectivity index (χ2v) is 8.24. The molecule has 4 N–H and O–H groups in total. The van der Waals surface area contributed by atoms with Gasteiger partial charge in [-0.15, -0.1) is 10.2 Å². The number of anilines is 1. The predicted molar refractivity (Wildman–Crippen MR) is 121 cm³/mol. The topological polar surface area (TPSA) is 120 Å². The summed E-state index contributed by atoms with van der Waals surface area (Å²) in [4.78, 5) is 16.6. The average molecular weight is 452 g/mol. The van der Waals surface area contributed by atoms with Gasteiger partial charge in [0.25, 0.3) is 5.91 Å². The highest BCUT2D eigenvalue weighted by atomic mass is 19.1. The highest BCUT2D eigenvalue weighted by Gasteiger charge is 2.41. The van der Waals surface area contributed by atoms with Gasteiger partial charge >= 0.3 is 0 Å². The van der Waals surface area contributed by atoms with Crippen LogP contribution in [0.15, 0.2) is 54.7 Å². The van der Waals surface area contributed by atoms with Crippen molar-refractivity contribution in [3.05, 3.63) is 71.8 Å². The number of pyridine rings is 1. The van der Waals surface area contributed by atoms with Gasteiger partial charge in [-0.2, -0.15) is 0 Å². The van der Waals surface area contributed by atoms with E-state index in [1.54, 1.807) is 42.6 Å². The molecule has 1 saturated carbocycles. The van der Waals surface area contributed by atoms with Gasteiger partial charge in [0, 0.05) is 29.3 Å². The number of benzene rings is 1. The molecule has 4 rings (SSSR count). The number of aliphatic hydroxyl groups excluding tert-OH is 2. The molecule has 1 fully saturated rings. The quantitative estimate of drug-likeness (QED) is 0.394. The zero-order valence-electron chi connectivity index (χ0n) is 18.0. The van der Waals surface area contributed by atoms with Crippen LogP contribution in [-0.2, 0) is 5.41 Å². The summed E-state index contributed by atoms with van der Waals surface area (Å²) in [6, 6.07) is 12.8. The summed E-state index contributed by atoms with van der Waals surface area (Å²) in [5, 5.41) is 32.6. The summed E-state index contributed by atoms with van der Waals surface area (Å²) < 4.78 is 14.3. The Bertz CT molecular complexity index is 1100. The monoisotopic (exact) mass is 451 g/mol. The third-order valence-corrected chi connectivity index (χ3v) is 6.04. The number of halogens is 1. The molecule has 0 unspecified atom stereocenters. The molecule has 2 aromatic heterocycles. The van der Waals surface area contributed by atoms with E-state index in [1.807, 2.05) is 6.07 Å². The van der Waals surface area contributed by atoms with Crippen LogP contribution >= 0.6 is 0 Å². The van der Waals surface area contributed by atoms with E-state index >= 15 is 0 Å². The number of carbonyl (C=O) groups is 1. The normalized spacial score (nSPS) is 14.5. The zero-order chi connectivity index (χ0) is 23.3. The Morgan fingerprint density at radius 3 is 2.55 bits per heavy atom. The van der Waals surface area contributed by atoms with E-state index in [0.29, 0.717) is 34.9 Å². The van der Waals surface area contributed by atoms with Crippen molar-refractivity contribution in [2.45, 2.75) is 30.7 Å². The second kappa shape index (κ2) is 10.0. The molecule has 33 heavy (non-hydrogen) atoms.